The molecule has 1 rings (SSSR count). The molecule has 18 heavy (non-hydrogen) atoms. The SMILES string of the molecule is CCOP(=O)(Cc1ccc(C(C)(C)C)o1)OCC. The van der Waals surface area contributed by atoms with E-state index in [0.717, 1.165) is 5.76 Å². The fourth-order valence-electron chi connectivity index (χ4n) is 1.58. The lowest BCUT2D eigenvalue weighted by Gasteiger charge is -2.16. The largest absolute Gasteiger partial charge is 0.465 e. The molecule has 0 aliphatic heterocycles. The van der Waals surface area contributed by atoms with Crippen LogP contribution in [0.1, 0.15) is 46.1 Å². The van der Waals surface area contributed by atoms with Gasteiger partial charge in [-0.3, -0.25) is 4.57 Å². The molecule has 4 nitrogen and oxygen atoms in total. The molecule has 0 radical (unpaired) electrons. The fraction of sp³-hybridized carbons (Fsp3) is 0.692. The van der Waals surface area contributed by atoms with Crippen molar-refractivity contribution in [2.24, 2.45) is 0 Å². The van der Waals surface area contributed by atoms with E-state index in [1.165, 1.54) is 0 Å². The summed E-state index contributed by atoms with van der Waals surface area (Å²) in [5.74, 6) is 1.52. The Kier molecular flexibility index (Phi) is 5.20. The highest BCUT2D eigenvalue weighted by molar-refractivity contribution is 7.53. The molecule has 5 heteroatoms. The van der Waals surface area contributed by atoms with Gasteiger partial charge in [0.1, 0.15) is 17.7 Å². The zero-order valence-electron chi connectivity index (χ0n) is 11.9. The Labute approximate surface area is 109 Å². The van der Waals surface area contributed by atoms with Crippen molar-refractivity contribution >= 4 is 7.60 Å². The normalized spacial score (nSPS) is 12.9. The van der Waals surface area contributed by atoms with E-state index in [2.05, 4.69) is 20.8 Å². The second kappa shape index (κ2) is 6.05. The molecule has 1 aromatic rings. The van der Waals surface area contributed by atoms with E-state index >= 15 is 0 Å². The van der Waals surface area contributed by atoms with E-state index in [4.69, 9.17) is 13.5 Å². The lowest BCUT2D eigenvalue weighted by atomic mass is 9.94. The maximum absolute atomic E-state index is 12.3. The summed E-state index contributed by atoms with van der Waals surface area (Å²) < 4.78 is 28.5. The van der Waals surface area contributed by atoms with E-state index in [0.29, 0.717) is 19.0 Å². The summed E-state index contributed by atoms with van der Waals surface area (Å²) >= 11 is 0. The lowest BCUT2D eigenvalue weighted by Crippen LogP contribution is -2.09. The van der Waals surface area contributed by atoms with Gasteiger partial charge in [-0.05, 0) is 26.0 Å². The van der Waals surface area contributed by atoms with Gasteiger partial charge in [-0.25, -0.2) is 0 Å². The maximum atomic E-state index is 12.3. The molecule has 0 atom stereocenters. The first-order chi connectivity index (χ1) is 8.30. The molecule has 0 aromatic carbocycles. The molecule has 104 valence electrons. The van der Waals surface area contributed by atoms with Gasteiger partial charge in [0, 0.05) is 5.41 Å². The summed E-state index contributed by atoms with van der Waals surface area (Å²) in [7, 11) is -3.07. The van der Waals surface area contributed by atoms with Crippen LogP contribution in [0.4, 0.5) is 0 Å². The van der Waals surface area contributed by atoms with Gasteiger partial charge in [0.2, 0.25) is 0 Å². The summed E-state index contributed by atoms with van der Waals surface area (Å²) in [5, 5.41) is 0. The van der Waals surface area contributed by atoms with Crippen molar-refractivity contribution in [3.05, 3.63) is 23.7 Å². The molecule has 0 aliphatic carbocycles. The Bertz CT molecular complexity index is 407. The summed E-state index contributed by atoms with van der Waals surface area (Å²) in [6.45, 7) is 10.5. The molecule has 0 aliphatic rings. The number of hydrogen-bond acceptors (Lipinski definition) is 4. The zero-order chi connectivity index (χ0) is 13.8. The van der Waals surface area contributed by atoms with Crippen LogP contribution in [0.25, 0.3) is 0 Å². The van der Waals surface area contributed by atoms with E-state index in [-0.39, 0.29) is 11.6 Å². The van der Waals surface area contributed by atoms with Crippen molar-refractivity contribution in [2.45, 2.75) is 46.2 Å². The molecule has 0 saturated heterocycles. The van der Waals surface area contributed by atoms with Crippen molar-refractivity contribution in [1.82, 2.24) is 0 Å². The molecule has 0 N–H and O–H groups in total. The molecule has 0 bridgehead atoms. The van der Waals surface area contributed by atoms with E-state index in [9.17, 15) is 4.57 Å². The first kappa shape index (κ1) is 15.5. The van der Waals surface area contributed by atoms with Crippen molar-refractivity contribution < 1.29 is 18.0 Å². The Balaban J connectivity index is 2.82. The lowest BCUT2D eigenvalue weighted by molar-refractivity contribution is 0.217. The molecule has 0 saturated carbocycles. The third-order valence-corrected chi connectivity index (χ3v) is 4.40. The second-order valence-corrected chi connectivity index (χ2v) is 7.17. The second-order valence-electron chi connectivity index (χ2n) is 5.12. The molecular weight excluding hydrogens is 251 g/mol. The minimum absolute atomic E-state index is 0.0561. The van der Waals surface area contributed by atoms with E-state index in [1.54, 1.807) is 13.8 Å². The van der Waals surface area contributed by atoms with E-state index in [1.807, 2.05) is 12.1 Å². The molecule has 0 amide bonds. The van der Waals surface area contributed by atoms with Gasteiger partial charge in [-0.2, -0.15) is 0 Å². The molecular formula is C13H23O4P. The summed E-state index contributed by atoms with van der Waals surface area (Å²) in [6.07, 6.45) is 0.185. The molecule has 0 fully saturated rings. The minimum Gasteiger partial charge on any atom is -0.465 e. The maximum Gasteiger partial charge on any atom is 0.338 e. The number of furan rings is 1. The predicted octanol–water partition coefficient (Wildman–Crippen LogP) is 4.34. The quantitative estimate of drug-likeness (QED) is 0.724. The average molecular weight is 274 g/mol. The first-order valence-corrected chi connectivity index (χ1v) is 8.01. The van der Waals surface area contributed by atoms with Gasteiger partial charge in [0.15, 0.2) is 0 Å². The van der Waals surface area contributed by atoms with E-state index < -0.39 is 7.60 Å². The summed E-state index contributed by atoms with van der Waals surface area (Å²) in [5.41, 5.74) is -0.0561. The Morgan fingerprint density at radius 3 is 2.11 bits per heavy atom. The van der Waals surface area contributed by atoms with Gasteiger partial charge in [-0.1, -0.05) is 20.8 Å². The topological polar surface area (TPSA) is 48.7 Å². The smallest absolute Gasteiger partial charge is 0.338 e. The fourth-order valence-corrected chi connectivity index (χ4v) is 3.17. The van der Waals surface area contributed by atoms with Crippen molar-refractivity contribution in [2.75, 3.05) is 13.2 Å². The van der Waals surface area contributed by atoms with Gasteiger partial charge in [0.25, 0.3) is 0 Å². The molecule has 1 aromatic heterocycles. The standard InChI is InChI=1S/C13H23O4P/c1-6-15-18(14,16-7-2)10-11-8-9-12(17-11)13(3,4)5/h8-9H,6-7,10H2,1-5H3. The van der Waals surface area contributed by atoms with Crippen molar-refractivity contribution in [1.29, 1.82) is 0 Å². The third-order valence-electron chi connectivity index (χ3n) is 2.40. The first-order valence-electron chi connectivity index (χ1n) is 6.28. The van der Waals surface area contributed by atoms with Crippen LogP contribution in [0.15, 0.2) is 16.5 Å². The summed E-state index contributed by atoms with van der Waals surface area (Å²) in [6, 6.07) is 3.75. The predicted molar refractivity (Wildman–Crippen MR) is 72.0 cm³/mol. The van der Waals surface area contributed by atoms with Gasteiger partial charge >= 0.3 is 7.60 Å². The van der Waals surface area contributed by atoms with Crippen LogP contribution < -0.4 is 0 Å². The van der Waals surface area contributed by atoms with Crippen LogP contribution in [-0.4, -0.2) is 13.2 Å². The van der Waals surface area contributed by atoms with Crippen LogP contribution >= 0.6 is 7.60 Å². The number of hydrogen-bond donors (Lipinski definition) is 0. The average Bonchev–Trinajstić information content (AvgIpc) is 2.65. The highest BCUT2D eigenvalue weighted by Gasteiger charge is 2.27. The molecule has 0 spiro atoms. The number of rotatable bonds is 6. The monoisotopic (exact) mass is 274 g/mol. The Hall–Kier alpha value is -0.570. The highest BCUT2D eigenvalue weighted by atomic mass is 31.2. The molecule has 1 heterocycles. The summed E-state index contributed by atoms with van der Waals surface area (Å²) in [4.78, 5) is 0. The van der Waals surface area contributed by atoms with Gasteiger partial charge in [0.05, 0.1) is 13.2 Å². The zero-order valence-corrected chi connectivity index (χ0v) is 12.8. The van der Waals surface area contributed by atoms with Gasteiger partial charge < -0.3 is 13.5 Å². The van der Waals surface area contributed by atoms with Crippen LogP contribution in [0.3, 0.4) is 0 Å². The minimum atomic E-state index is -3.07. The highest BCUT2D eigenvalue weighted by Crippen LogP contribution is 2.51. The van der Waals surface area contributed by atoms with Crippen molar-refractivity contribution in [3.8, 4) is 0 Å². The van der Waals surface area contributed by atoms with Crippen LogP contribution in [-0.2, 0) is 25.2 Å². The molecule has 0 unspecified atom stereocenters. The Morgan fingerprint density at radius 2 is 1.72 bits per heavy atom. The van der Waals surface area contributed by atoms with Crippen LogP contribution in [0.5, 0.6) is 0 Å². The van der Waals surface area contributed by atoms with Crippen LogP contribution in [0.2, 0.25) is 0 Å². The Morgan fingerprint density at radius 1 is 1.17 bits per heavy atom. The third kappa shape index (κ3) is 4.27. The van der Waals surface area contributed by atoms with Gasteiger partial charge in [-0.15, -0.1) is 0 Å². The van der Waals surface area contributed by atoms with Crippen LogP contribution in [0, 0.1) is 0 Å². The van der Waals surface area contributed by atoms with Crippen molar-refractivity contribution in [3.63, 3.8) is 0 Å².